The van der Waals surface area contributed by atoms with Crippen molar-refractivity contribution in [3.63, 3.8) is 0 Å². The van der Waals surface area contributed by atoms with Crippen LogP contribution in [0.25, 0.3) is 0 Å². The molecule has 128 valence electrons. The van der Waals surface area contributed by atoms with E-state index in [9.17, 15) is 14.4 Å². The largest absolute Gasteiger partial charge is 0.445 e. The van der Waals surface area contributed by atoms with Crippen LogP contribution in [0.1, 0.15) is 25.3 Å². The number of hydrogen-bond donors (Lipinski definition) is 1. The summed E-state index contributed by atoms with van der Waals surface area (Å²) in [4.78, 5) is 38.9. The van der Waals surface area contributed by atoms with Crippen LogP contribution in [-0.4, -0.2) is 46.5 Å². The van der Waals surface area contributed by atoms with Crippen LogP contribution < -0.4 is 4.90 Å². The van der Waals surface area contributed by atoms with Gasteiger partial charge >= 0.3 is 17.2 Å². The highest BCUT2D eigenvalue weighted by atomic mass is 32.2. The molecule has 1 N–H and O–H groups in total. The third-order valence-electron chi connectivity index (χ3n) is 4.49. The van der Waals surface area contributed by atoms with Gasteiger partial charge in [0.05, 0.1) is 13.1 Å². The summed E-state index contributed by atoms with van der Waals surface area (Å²) in [5.41, 5.74) is 0.917. The average molecular weight is 349 g/mol. The molecule has 0 aliphatic carbocycles. The first-order valence-electron chi connectivity index (χ1n) is 8.15. The fourth-order valence-corrected chi connectivity index (χ4v) is 4.61. The van der Waals surface area contributed by atoms with Gasteiger partial charge in [0.1, 0.15) is 6.61 Å². The maximum atomic E-state index is 12.6. The lowest BCUT2D eigenvalue weighted by Crippen LogP contribution is -3.15. The molecule has 2 saturated heterocycles. The van der Waals surface area contributed by atoms with E-state index in [4.69, 9.17) is 4.74 Å². The number of ether oxygens (including phenoxy) is 1. The third kappa shape index (κ3) is 3.18. The van der Waals surface area contributed by atoms with Gasteiger partial charge in [0.25, 0.3) is 0 Å². The Morgan fingerprint density at radius 2 is 2.08 bits per heavy atom. The maximum Gasteiger partial charge on any atom is 0.410 e. The molecule has 6 nitrogen and oxygen atoms in total. The van der Waals surface area contributed by atoms with Gasteiger partial charge in [0.2, 0.25) is 0 Å². The van der Waals surface area contributed by atoms with Crippen LogP contribution in [0.4, 0.5) is 9.59 Å². The number of benzene rings is 1. The molecule has 3 amide bonds. The van der Waals surface area contributed by atoms with Crippen LogP contribution in [0.15, 0.2) is 30.3 Å². The molecule has 1 spiro atoms. The molecule has 1 aromatic carbocycles. The lowest BCUT2D eigenvalue weighted by molar-refractivity contribution is -0.720. The zero-order chi connectivity index (χ0) is 17.2. The number of likely N-dealkylation sites (tertiary alicyclic amines) is 1. The standard InChI is InChI=1S/C17H20N2O4S/c1-2-19-14(20)17(24-16(19)22)9-6-10-18(12-17)15(21)23-11-13-7-4-3-5-8-13/h3-5,7-8H,2,6,9-12H2,1H3/p+1. The van der Waals surface area contributed by atoms with Gasteiger partial charge in [-0.25, -0.2) is 14.4 Å². The summed E-state index contributed by atoms with van der Waals surface area (Å²) in [6.45, 7) is 3.28. The molecular weight excluding hydrogens is 328 g/mol. The predicted molar refractivity (Wildman–Crippen MR) is 89.7 cm³/mol. The van der Waals surface area contributed by atoms with E-state index < -0.39 is 10.8 Å². The number of rotatable bonds is 3. The Bertz CT molecular complexity index is 651. The van der Waals surface area contributed by atoms with E-state index >= 15 is 0 Å². The van der Waals surface area contributed by atoms with E-state index in [0.717, 1.165) is 17.3 Å². The second-order valence-corrected chi connectivity index (χ2v) is 7.47. The Morgan fingerprint density at radius 3 is 2.75 bits per heavy atom. The first-order chi connectivity index (χ1) is 11.6. The van der Waals surface area contributed by atoms with Crippen molar-refractivity contribution < 1.29 is 24.0 Å². The predicted octanol–water partition coefficient (Wildman–Crippen LogP) is 1.46. The van der Waals surface area contributed by atoms with Gasteiger partial charge in [-0.2, -0.15) is 4.90 Å². The monoisotopic (exact) mass is 349 g/mol. The molecule has 7 heteroatoms. The topological polar surface area (TPSA) is 68.1 Å². The number of carbonyl (C=O) groups excluding carboxylic acids is 3. The molecule has 0 radical (unpaired) electrons. The van der Waals surface area contributed by atoms with Crippen molar-refractivity contribution >= 4 is 29.0 Å². The second kappa shape index (κ2) is 6.94. The summed E-state index contributed by atoms with van der Waals surface area (Å²) >= 11 is 1.09. The molecule has 0 bridgehead atoms. The normalized spacial score (nSPS) is 26.9. The van der Waals surface area contributed by atoms with Crippen molar-refractivity contribution in [3.05, 3.63) is 35.9 Å². The number of amides is 3. The number of hydrogen-bond acceptors (Lipinski definition) is 5. The van der Waals surface area contributed by atoms with Crippen molar-refractivity contribution in [2.45, 2.75) is 31.1 Å². The summed E-state index contributed by atoms with van der Waals surface area (Å²) in [6.07, 6.45) is 0.904. The van der Waals surface area contributed by atoms with Gasteiger partial charge in [-0.15, -0.1) is 0 Å². The molecule has 0 aromatic heterocycles. The molecule has 2 fully saturated rings. The number of nitrogens with zero attached hydrogens (tertiary/aromatic N) is 1. The van der Waals surface area contributed by atoms with E-state index in [1.54, 1.807) is 4.90 Å². The van der Waals surface area contributed by atoms with Crippen LogP contribution in [0, 0.1) is 0 Å². The number of quaternary nitrogens is 1. The molecule has 2 atom stereocenters. The Kier molecular flexibility index (Phi) is 4.91. The van der Waals surface area contributed by atoms with E-state index in [-0.39, 0.29) is 24.3 Å². The summed E-state index contributed by atoms with van der Waals surface area (Å²) in [7, 11) is 0. The molecule has 3 rings (SSSR count). The SMILES string of the molecule is CC[NH+]1C(=O)SC2(CCCN(C(=O)OCc3ccccc3)C2)C1=O. The summed E-state index contributed by atoms with van der Waals surface area (Å²) < 4.78 is 4.56. The Labute approximate surface area is 145 Å². The van der Waals surface area contributed by atoms with Gasteiger partial charge in [-0.3, -0.25) is 0 Å². The summed E-state index contributed by atoms with van der Waals surface area (Å²) in [6, 6.07) is 9.47. The first-order valence-corrected chi connectivity index (χ1v) is 8.97. The minimum absolute atomic E-state index is 0.0967. The van der Waals surface area contributed by atoms with Crippen LogP contribution >= 0.6 is 11.8 Å². The molecule has 2 aliphatic heterocycles. The van der Waals surface area contributed by atoms with Crippen LogP contribution in [0.2, 0.25) is 0 Å². The molecule has 0 saturated carbocycles. The Hall–Kier alpha value is -1.86. The molecule has 1 aromatic rings. The summed E-state index contributed by atoms with van der Waals surface area (Å²) in [5, 5.41) is -0.137. The molecular formula is C17H21N2O4S+. The van der Waals surface area contributed by atoms with Crippen molar-refractivity contribution in [2.75, 3.05) is 19.6 Å². The summed E-state index contributed by atoms with van der Waals surface area (Å²) in [5.74, 6) is -0.0967. The van der Waals surface area contributed by atoms with E-state index in [1.807, 2.05) is 37.3 Å². The fraction of sp³-hybridized carbons (Fsp3) is 0.471. The van der Waals surface area contributed by atoms with E-state index in [0.29, 0.717) is 30.8 Å². The van der Waals surface area contributed by atoms with Gasteiger partial charge in [0.15, 0.2) is 4.75 Å². The van der Waals surface area contributed by atoms with Crippen LogP contribution in [0.3, 0.4) is 0 Å². The lowest BCUT2D eigenvalue weighted by Gasteiger charge is -2.35. The highest BCUT2D eigenvalue weighted by molar-refractivity contribution is 8.15. The number of piperidine rings is 1. The van der Waals surface area contributed by atoms with E-state index in [2.05, 4.69) is 0 Å². The first kappa shape index (κ1) is 17.0. The second-order valence-electron chi connectivity index (χ2n) is 6.11. The van der Waals surface area contributed by atoms with E-state index in [1.165, 1.54) is 0 Å². The van der Waals surface area contributed by atoms with Crippen molar-refractivity contribution in [1.82, 2.24) is 4.90 Å². The zero-order valence-corrected chi connectivity index (χ0v) is 14.4. The maximum absolute atomic E-state index is 12.6. The van der Waals surface area contributed by atoms with Gasteiger partial charge < -0.3 is 9.64 Å². The third-order valence-corrected chi connectivity index (χ3v) is 5.84. The van der Waals surface area contributed by atoms with Crippen LogP contribution in [-0.2, 0) is 16.1 Å². The molecule has 2 heterocycles. The minimum atomic E-state index is -0.799. The number of carbonyl (C=O) groups is 3. The molecule has 24 heavy (non-hydrogen) atoms. The zero-order valence-electron chi connectivity index (χ0n) is 13.6. The Balaban J connectivity index is 1.64. The van der Waals surface area contributed by atoms with Gasteiger partial charge in [-0.05, 0) is 25.3 Å². The minimum Gasteiger partial charge on any atom is -0.445 e. The average Bonchev–Trinajstić information content (AvgIpc) is 2.83. The van der Waals surface area contributed by atoms with Crippen molar-refractivity contribution in [2.24, 2.45) is 0 Å². The smallest absolute Gasteiger partial charge is 0.410 e. The number of thioether (sulfide) groups is 1. The van der Waals surface area contributed by atoms with Gasteiger partial charge in [0, 0.05) is 18.3 Å². The van der Waals surface area contributed by atoms with Crippen molar-refractivity contribution in [1.29, 1.82) is 0 Å². The molecule has 2 aliphatic rings. The van der Waals surface area contributed by atoms with Gasteiger partial charge in [-0.1, -0.05) is 30.3 Å². The van der Waals surface area contributed by atoms with Crippen molar-refractivity contribution in [3.8, 4) is 0 Å². The Morgan fingerprint density at radius 1 is 1.33 bits per heavy atom. The lowest BCUT2D eigenvalue weighted by atomic mass is 9.96. The fourth-order valence-electron chi connectivity index (χ4n) is 3.21. The highest BCUT2D eigenvalue weighted by Crippen LogP contribution is 2.37. The number of imide groups is 1. The highest BCUT2D eigenvalue weighted by Gasteiger charge is 2.59. The number of nitrogens with one attached hydrogen (secondary N) is 1. The van der Waals surface area contributed by atoms with Crippen LogP contribution in [0.5, 0.6) is 0 Å². The quantitative estimate of drug-likeness (QED) is 0.895. The molecule has 2 unspecified atom stereocenters.